The molecule has 3 rings (SSSR count). The normalized spacial score (nSPS) is 10.7. The lowest BCUT2D eigenvalue weighted by Gasteiger charge is -2.03. The lowest BCUT2D eigenvalue weighted by molar-refractivity contribution is 0.0948. The van der Waals surface area contributed by atoms with Crippen molar-refractivity contribution in [2.75, 3.05) is 13.7 Å². The average Bonchev–Trinajstić information content (AvgIpc) is 3.37. The molecule has 0 unspecified atom stereocenters. The number of unbranched alkanes of at least 4 members (excludes halogenated alkanes) is 2. The van der Waals surface area contributed by atoms with Crippen LogP contribution in [0, 0.1) is 0 Å². The summed E-state index contributed by atoms with van der Waals surface area (Å²) in [5, 5.41) is 22.8. The van der Waals surface area contributed by atoms with Crippen molar-refractivity contribution in [3.8, 4) is 22.9 Å². The number of carbonyl (C=O) groups excluding carboxylic acids is 1. The number of hydrogen-bond acceptors (Lipinski definition) is 7. The zero-order valence-corrected chi connectivity index (χ0v) is 14.9. The largest absolute Gasteiger partial charge is 0.504 e. The monoisotopic (exact) mass is 371 g/mol. The molecule has 9 nitrogen and oxygen atoms in total. The van der Waals surface area contributed by atoms with E-state index in [2.05, 4.69) is 25.7 Å². The molecule has 0 atom stereocenters. The van der Waals surface area contributed by atoms with Gasteiger partial charge >= 0.3 is 0 Å². The molecule has 0 spiro atoms. The standard InChI is InChI=1S/C18H21N5O4/c1-26-15-11-12(6-7-14(15)24)17-21-16(27-23-17)5-3-2-4-9-19-18(25)13-8-10-20-22-13/h6-8,10-11,24H,2-5,9H2,1H3,(H,19,25)(H,20,22). The number of hydrogen-bond donors (Lipinski definition) is 3. The Morgan fingerprint density at radius 1 is 1.30 bits per heavy atom. The van der Waals surface area contributed by atoms with Crippen LogP contribution in [0.4, 0.5) is 0 Å². The van der Waals surface area contributed by atoms with Gasteiger partial charge in [-0.05, 0) is 37.1 Å². The minimum absolute atomic E-state index is 0.0598. The first-order valence-electron chi connectivity index (χ1n) is 8.65. The summed E-state index contributed by atoms with van der Waals surface area (Å²) >= 11 is 0. The predicted octanol–water partition coefficient (Wildman–Crippen LogP) is 2.32. The molecule has 0 radical (unpaired) electrons. The number of amides is 1. The number of phenolic OH excluding ortho intramolecular Hbond substituents is 1. The molecule has 3 aromatic rings. The molecule has 3 N–H and O–H groups in total. The maximum absolute atomic E-state index is 11.7. The van der Waals surface area contributed by atoms with E-state index in [-0.39, 0.29) is 11.7 Å². The zero-order chi connectivity index (χ0) is 19.1. The summed E-state index contributed by atoms with van der Waals surface area (Å²) in [6, 6.07) is 6.52. The Kier molecular flexibility index (Phi) is 6.03. The van der Waals surface area contributed by atoms with E-state index < -0.39 is 0 Å². The molecule has 0 aliphatic carbocycles. The van der Waals surface area contributed by atoms with Crippen LogP contribution in [0.1, 0.15) is 35.6 Å². The van der Waals surface area contributed by atoms with E-state index >= 15 is 0 Å². The summed E-state index contributed by atoms with van der Waals surface area (Å²) in [6.45, 7) is 0.597. The highest BCUT2D eigenvalue weighted by atomic mass is 16.5. The van der Waals surface area contributed by atoms with Crippen LogP contribution in [0.25, 0.3) is 11.4 Å². The van der Waals surface area contributed by atoms with Crippen molar-refractivity contribution >= 4 is 5.91 Å². The van der Waals surface area contributed by atoms with Crippen LogP contribution < -0.4 is 10.1 Å². The van der Waals surface area contributed by atoms with Gasteiger partial charge in [-0.3, -0.25) is 9.89 Å². The molecule has 0 aliphatic heterocycles. The summed E-state index contributed by atoms with van der Waals surface area (Å²) in [7, 11) is 1.48. The molecule has 0 bridgehead atoms. The fourth-order valence-corrected chi connectivity index (χ4v) is 2.55. The van der Waals surface area contributed by atoms with Crippen LogP contribution >= 0.6 is 0 Å². The second-order valence-corrected chi connectivity index (χ2v) is 5.94. The first-order chi connectivity index (χ1) is 13.2. The highest BCUT2D eigenvalue weighted by Crippen LogP contribution is 2.30. The van der Waals surface area contributed by atoms with E-state index in [1.54, 1.807) is 24.4 Å². The van der Waals surface area contributed by atoms with Gasteiger partial charge in [-0.15, -0.1) is 0 Å². The number of aromatic nitrogens is 4. The summed E-state index contributed by atoms with van der Waals surface area (Å²) in [4.78, 5) is 16.1. The third kappa shape index (κ3) is 4.84. The number of carbonyl (C=O) groups is 1. The number of benzene rings is 1. The summed E-state index contributed by atoms with van der Waals surface area (Å²) < 4.78 is 10.4. The number of ether oxygens (including phenoxy) is 1. The van der Waals surface area contributed by atoms with Gasteiger partial charge in [0.25, 0.3) is 5.91 Å². The van der Waals surface area contributed by atoms with Crippen molar-refractivity contribution in [1.82, 2.24) is 25.7 Å². The molecule has 0 saturated heterocycles. The van der Waals surface area contributed by atoms with Crippen LogP contribution in [0.15, 0.2) is 35.0 Å². The molecule has 27 heavy (non-hydrogen) atoms. The third-order valence-corrected chi connectivity index (χ3v) is 4.00. The van der Waals surface area contributed by atoms with Crippen LogP contribution in [-0.4, -0.2) is 45.0 Å². The molecular weight excluding hydrogens is 350 g/mol. The maximum atomic E-state index is 11.7. The van der Waals surface area contributed by atoms with Gasteiger partial charge in [0.05, 0.1) is 7.11 Å². The second-order valence-electron chi connectivity index (χ2n) is 5.94. The van der Waals surface area contributed by atoms with Crippen molar-refractivity contribution in [1.29, 1.82) is 0 Å². The van der Waals surface area contributed by atoms with Gasteiger partial charge in [-0.2, -0.15) is 10.1 Å². The summed E-state index contributed by atoms with van der Waals surface area (Å²) in [5.74, 6) is 1.27. The number of methoxy groups -OCH3 is 1. The van der Waals surface area contributed by atoms with Crippen LogP contribution in [0.3, 0.4) is 0 Å². The first kappa shape index (κ1) is 18.4. The minimum Gasteiger partial charge on any atom is -0.504 e. The molecule has 0 aliphatic rings. The Morgan fingerprint density at radius 2 is 2.19 bits per heavy atom. The Balaban J connectivity index is 1.40. The first-order valence-corrected chi connectivity index (χ1v) is 8.65. The van der Waals surface area contributed by atoms with Crippen LogP contribution in [0.2, 0.25) is 0 Å². The molecule has 2 aromatic heterocycles. The molecule has 2 heterocycles. The lowest BCUT2D eigenvalue weighted by Crippen LogP contribution is -2.24. The molecule has 142 valence electrons. The van der Waals surface area contributed by atoms with Crippen molar-refractivity contribution in [2.45, 2.75) is 25.7 Å². The summed E-state index contributed by atoms with van der Waals surface area (Å²) in [6.07, 6.45) is 4.86. The lowest BCUT2D eigenvalue weighted by atomic mass is 10.2. The maximum Gasteiger partial charge on any atom is 0.269 e. The third-order valence-electron chi connectivity index (χ3n) is 4.00. The smallest absolute Gasteiger partial charge is 0.269 e. The van der Waals surface area contributed by atoms with E-state index in [9.17, 15) is 9.90 Å². The van der Waals surface area contributed by atoms with E-state index in [0.29, 0.717) is 41.7 Å². The van der Waals surface area contributed by atoms with Crippen molar-refractivity contribution in [3.05, 3.63) is 42.0 Å². The van der Waals surface area contributed by atoms with E-state index in [1.165, 1.54) is 13.2 Å². The summed E-state index contributed by atoms with van der Waals surface area (Å²) in [5.41, 5.74) is 1.17. The number of aromatic hydroxyl groups is 1. The van der Waals surface area contributed by atoms with Crippen molar-refractivity contribution in [2.24, 2.45) is 0 Å². The topological polar surface area (TPSA) is 126 Å². The molecular formula is C18H21N5O4. The number of rotatable bonds is 9. The number of aromatic amines is 1. The van der Waals surface area contributed by atoms with Crippen molar-refractivity contribution < 1.29 is 19.2 Å². The van der Waals surface area contributed by atoms with Gasteiger partial charge in [0, 0.05) is 24.7 Å². The quantitative estimate of drug-likeness (QED) is 0.493. The van der Waals surface area contributed by atoms with Gasteiger partial charge < -0.3 is 19.7 Å². The van der Waals surface area contributed by atoms with E-state index in [0.717, 1.165) is 19.3 Å². The molecule has 1 aromatic carbocycles. The number of nitrogens with zero attached hydrogens (tertiary/aromatic N) is 3. The fraction of sp³-hybridized carbons (Fsp3) is 0.333. The van der Waals surface area contributed by atoms with Gasteiger partial charge in [0.15, 0.2) is 11.5 Å². The number of phenols is 1. The highest BCUT2D eigenvalue weighted by molar-refractivity contribution is 5.92. The van der Waals surface area contributed by atoms with Gasteiger partial charge in [0.1, 0.15) is 5.69 Å². The van der Waals surface area contributed by atoms with Crippen LogP contribution in [-0.2, 0) is 6.42 Å². The Bertz CT molecular complexity index is 876. The Morgan fingerprint density at radius 3 is 2.96 bits per heavy atom. The average molecular weight is 371 g/mol. The molecule has 9 heteroatoms. The SMILES string of the molecule is COc1cc(-c2noc(CCCCCNC(=O)c3ccn[nH]3)n2)ccc1O. The Labute approximate surface area is 155 Å². The van der Waals surface area contributed by atoms with Gasteiger partial charge in [-0.1, -0.05) is 11.6 Å². The number of nitrogens with one attached hydrogen (secondary N) is 2. The van der Waals surface area contributed by atoms with Crippen molar-refractivity contribution in [3.63, 3.8) is 0 Å². The number of H-pyrrole nitrogens is 1. The molecule has 1 amide bonds. The van der Waals surface area contributed by atoms with Gasteiger partial charge in [0.2, 0.25) is 11.7 Å². The molecule has 0 fully saturated rings. The van der Waals surface area contributed by atoms with E-state index in [1.807, 2.05) is 0 Å². The molecule has 0 saturated carbocycles. The van der Waals surface area contributed by atoms with Crippen LogP contribution in [0.5, 0.6) is 11.5 Å². The minimum atomic E-state index is -0.154. The zero-order valence-electron chi connectivity index (χ0n) is 14.9. The van der Waals surface area contributed by atoms with E-state index in [4.69, 9.17) is 9.26 Å². The van der Waals surface area contributed by atoms with Gasteiger partial charge in [-0.25, -0.2) is 0 Å². The highest BCUT2D eigenvalue weighted by Gasteiger charge is 2.11. The number of aryl methyl sites for hydroxylation is 1. The predicted molar refractivity (Wildman–Crippen MR) is 96.4 cm³/mol. The fourth-order valence-electron chi connectivity index (χ4n) is 2.55. The second kappa shape index (κ2) is 8.84. The Hall–Kier alpha value is -3.36.